The Morgan fingerprint density at radius 1 is 1.06 bits per heavy atom. The second-order valence-corrected chi connectivity index (χ2v) is 6.15. The fraction of sp³-hybridized carbons (Fsp3) is 0.933. The Balaban J connectivity index is 1.62. The number of rotatable bonds is 5. The van der Waals surface area contributed by atoms with Gasteiger partial charge in [-0.25, -0.2) is 0 Å². The summed E-state index contributed by atoms with van der Waals surface area (Å²) in [6.07, 6.45) is 12.3. The quantitative estimate of drug-likeness (QED) is 0.791. The van der Waals surface area contributed by atoms with Crippen molar-refractivity contribution in [2.45, 2.75) is 70.3 Å². The number of carbonyl (C=O) groups is 1. The van der Waals surface area contributed by atoms with E-state index in [0.29, 0.717) is 6.04 Å². The van der Waals surface area contributed by atoms with Gasteiger partial charge in [0.2, 0.25) is 0 Å². The maximum absolute atomic E-state index is 11.0. The molecule has 104 valence electrons. The van der Waals surface area contributed by atoms with Gasteiger partial charge in [-0.05, 0) is 38.1 Å². The van der Waals surface area contributed by atoms with Crippen LogP contribution in [0.3, 0.4) is 0 Å². The first-order valence-electron chi connectivity index (χ1n) is 7.72. The van der Waals surface area contributed by atoms with E-state index in [9.17, 15) is 4.79 Å². The van der Waals surface area contributed by atoms with Crippen molar-refractivity contribution in [2.75, 3.05) is 6.54 Å². The third-order valence-corrected chi connectivity index (χ3v) is 4.73. The highest BCUT2D eigenvalue weighted by Crippen LogP contribution is 2.27. The van der Waals surface area contributed by atoms with E-state index >= 15 is 0 Å². The molecule has 0 radical (unpaired) electrons. The molecule has 3 nitrogen and oxygen atoms in total. The van der Waals surface area contributed by atoms with Crippen molar-refractivity contribution >= 4 is 5.97 Å². The van der Waals surface area contributed by atoms with E-state index in [4.69, 9.17) is 5.11 Å². The topological polar surface area (TPSA) is 49.3 Å². The van der Waals surface area contributed by atoms with Crippen molar-refractivity contribution in [1.82, 2.24) is 5.32 Å². The lowest BCUT2D eigenvalue weighted by Crippen LogP contribution is -2.37. The molecule has 0 aliphatic heterocycles. The minimum Gasteiger partial charge on any atom is -0.481 e. The van der Waals surface area contributed by atoms with Crippen LogP contribution in [0, 0.1) is 11.8 Å². The Kier molecular flexibility index (Phi) is 5.48. The summed E-state index contributed by atoms with van der Waals surface area (Å²) in [5.74, 6) is 0.213. The average Bonchev–Trinajstić information content (AvgIpc) is 2.40. The number of hydrogen-bond acceptors (Lipinski definition) is 2. The second-order valence-electron chi connectivity index (χ2n) is 6.15. The van der Waals surface area contributed by atoms with Gasteiger partial charge in [-0.15, -0.1) is 0 Å². The highest BCUT2D eigenvalue weighted by Gasteiger charge is 2.26. The number of carboxylic acid groups (broad SMARTS) is 1. The van der Waals surface area contributed by atoms with Gasteiger partial charge in [0.15, 0.2) is 0 Å². The third-order valence-electron chi connectivity index (χ3n) is 4.73. The zero-order chi connectivity index (χ0) is 12.8. The zero-order valence-electron chi connectivity index (χ0n) is 11.4. The van der Waals surface area contributed by atoms with E-state index in [-0.39, 0.29) is 5.92 Å². The van der Waals surface area contributed by atoms with E-state index < -0.39 is 5.97 Å². The summed E-state index contributed by atoms with van der Waals surface area (Å²) in [7, 11) is 0. The molecule has 0 bridgehead atoms. The Bertz CT molecular complexity index is 261. The van der Waals surface area contributed by atoms with Crippen molar-refractivity contribution in [3.05, 3.63) is 0 Å². The molecule has 0 aromatic carbocycles. The number of nitrogens with one attached hydrogen (secondary N) is 1. The summed E-state index contributed by atoms with van der Waals surface area (Å²) >= 11 is 0. The Morgan fingerprint density at radius 2 is 1.83 bits per heavy atom. The largest absolute Gasteiger partial charge is 0.481 e. The third kappa shape index (κ3) is 4.27. The standard InChI is InChI=1S/C15H27NO2/c17-15(18)13-7-4-8-14(11-13)16-10-9-12-5-2-1-3-6-12/h12-14,16H,1-11H2,(H,17,18). The number of carboxylic acids is 1. The smallest absolute Gasteiger partial charge is 0.306 e. The van der Waals surface area contributed by atoms with Crippen LogP contribution in [0.4, 0.5) is 0 Å². The lowest BCUT2D eigenvalue weighted by Gasteiger charge is -2.28. The van der Waals surface area contributed by atoms with Crippen LogP contribution in [0.5, 0.6) is 0 Å². The molecule has 18 heavy (non-hydrogen) atoms. The van der Waals surface area contributed by atoms with E-state index in [1.165, 1.54) is 38.5 Å². The Hall–Kier alpha value is -0.570. The van der Waals surface area contributed by atoms with Crippen molar-refractivity contribution in [1.29, 1.82) is 0 Å². The van der Waals surface area contributed by atoms with Crippen molar-refractivity contribution in [2.24, 2.45) is 11.8 Å². The Labute approximate surface area is 110 Å². The molecule has 2 fully saturated rings. The van der Waals surface area contributed by atoms with Gasteiger partial charge in [-0.2, -0.15) is 0 Å². The second kappa shape index (κ2) is 7.13. The molecule has 3 heteroatoms. The van der Waals surface area contributed by atoms with E-state index in [2.05, 4.69) is 5.32 Å². The molecule has 0 saturated heterocycles. The monoisotopic (exact) mass is 253 g/mol. The fourth-order valence-corrected chi connectivity index (χ4v) is 3.57. The molecule has 2 atom stereocenters. The molecule has 2 aliphatic carbocycles. The molecule has 2 aliphatic rings. The van der Waals surface area contributed by atoms with E-state index in [1.807, 2.05) is 0 Å². The number of hydrogen-bond donors (Lipinski definition) is 2. The van der Waals surface area contributed by atoms with Gasteiger partial charge in [-0.1, -0.05) is 38.5 Å². The molecule has 2 unspecified atom stereocenters. The molecule has 2 N–H and O–H groups in total. The molecule has 0 aromatic heterocycles. The predicted octanol–water partition coefficient (Wildman–Crippen LogP) is 3.19. The van der Waals surface area contributed by atoms with E-state index in [1.54, 1.807) is 0 Å². The number of aliphatic carboxylic acids is 1. The van der Waals surface area contributed by atoms with Crippen molar-refractivity contribution in [3.63, 3.8) is 0 Å². The lowest BCUT2D eigenvalue weighted by molar-refractivity contribution is -0.143. The van der Waals surface area contributed by atoms with Crippen LogP contribution in [0.15, 0.2) is 0 Å². The molecule has 2 rings (SSSR count). The van der Waals surface area contributed by atoms with Crippen LogP contribution >= 0.6 is 0 Å². The van der Waals surface area contributed by atoms with Crippen LogP contribution in [0.1, 0.15) is 64.2 Å². The van der Waals surface area contributed by atoms with Crippen LogP contribution in [0.25, 0.3) is 0 Å². The van der Waals surface area contributed by atoms with Crippen LogP contribution in [0.2, 0.25) is 0 Å². The van der Waals surface area contributed by atoms with Crippen LogP contribution in [-0.4, -0.2) is 23.7 Å². The highest BCUT2D eigenvalue weighted by molar-refractivity contribution is 5.70. The zero-order valence-corrected chi connectivity index (χ0v) is 11.4. The average molecular weight is 253 g/mol. The van der Waals surface area contributed by atoms with Gasteiger partial charge in [0.05, 0.1) is 5.92 Å². The molecule has 0 spiro atoms. The molecular weight excluding hydrogens is 226 g/mol. The summed E-state index contributed by atoms with van der Waals surface area (Å²) in [5, 5.41) is 12.6. The summed E-state index contributed by atoms with van der Waals surface area (Å²) in [4.78, 5) is 11.0. The first-order chi connectivity index (χ1) is 8.75. The SMILES string of the molecule is O=C(O)C1CCCC(NCCC2CCCCC2)C1. The molecule has 0 aromatic rings. The van der Waals surface area contributed by atoms with Gasteiger partial charge in [-0.3, -0.25) is 4.79 Å². The Morgan fingerprint density at radius 3 is 2.56 bits per heavy atom. The highest BCUT2D eigenvalue weighted by atomic mass is 16.4. The lowest BCUT2D eigenvalue weighted by atomic mass is 9.85. The predicted molar refractivity (Wildman–Crippen MR) is 72.6 cm³/mol. The van der Waals surface area contributed by atoms with Gasteiger partial charge in [0.1, 0.15) is 0 Å². The van der Waals surface area contributed by atoms with Crippen LogP contribution < -0.4 is 5.32 Å². The van der Waals surface area contributed by atoms with Crippen LogP contribution in [-0.2, 0) is 4.79 Å². The van der Waals surface area contributed by atoms with Gasteiger partial charge >= 0.3 is 5.97 Å². The van der Waals surface area contributed by atoms with Crippen molar-refractivity contribution in [3.8, 4) is 0 Å². The van der Waals surface area contributed by atoms with Gasteiger partial charge < -0.3 is 10.4 Å². The minimum atomic E-state index is -0.603. The normalized spacial score (nSPS) is 30.2. The molecule has 0 heterocycles. The van der Waals surface area contributed by atoms with Gasteiger partial charge in [0, 0.05) is 6.04 Å². The summed E-state index contributed by atoms with van der Waals surface area (Å²) in [6, 6.07) is 0.448. The first-order valence-corrected chi connectivity index (χ1v) is 7.72. The van der Waals surface area contributed by atoms with E-state index in [0.717, 1.165) is 38.1 Å². The summed E-state index contributed by atoms with van der Waals surface area (Å²) < 4.78 is 0. The fourth-order valence-electron chi connectivity index (χ4n) is 3.57. The summed E-state index contributed by atoms with van der Waals surface area (Å²) in [5.41, 5.74) is 0. The maximum Gasteiger partial charge on any atom is 0.306 e. The van der Waals surface area contributed by atoms with Crippen molar-refractivity contribution < 1.29 is 9.90 Å². The molecule has 2 saturated carbocycles. The minimum absolute atomic E-state index is 0.106. The molecular formula is C15H27NO2. The molecule has 0 amide bonds. The first kappa shape index (κ1) is 13.9. The van der Waals surface area contributed by atoms with Gasteiger partial charge in [0.25, 0.3) is 0 Å². The summed E-state index contributed by atoms with van der Waals surface area (Å²) in [6.45, 7) is 1.08. The maximum atomic E-state index is 11.0.